The maximum Gasteiger partial charge on any atom is 0.165 e. The Morgan fingerprint density at radius 3 is 2.92 bits per heavy atom. The van der Waals surface area contributed by atoms with Gasteiger partial charge in [-0.2, -0.15) is 0 Å². The van der Waals surface area contributed by atoms with Gasteiger partial charge in [0.2, 0.25) is 0 Å². The molecule has 13 heavy (non-hydrogen) atoms. The van der Waals surface area contributed by atoms with Gasteiger partial charge in [0, 0.05) is 5.33 Å². The van der Waals surface area contributed by atoms with E-state index in [4.69, 9.17) is 4.74 Å². The Kier molecular flexibility index (Phi) is 3.96. The lowest BCUT2D eigenvalue weighted by Crippen LogP contribution is -1.96. The summed E-state index contributed by atoms with van der Waals surface area (Å²) in [6.07, 6.45) is 1.58. The molecular formula is C10H10BrFO. The second kappa shape index (κ2) is 5.02. The fourth-order valence-electron chi connectivity index (χ4n) is 0.890. The summed E-state index contributed by atoms with van der Waals surface area (Å²) in [5.74, 6) is -0.0663. The Bertz CT molecular complexity index is 299. The number of alkyl halides is 1. The molecule has 1 aromatic rings. The Labute approximate surface area is 85.3 Å². The topological polar surface area (TPSA) is 9.23 Å². The second-order valence-corrected chi connectivity index (χ2v) is 3.06. The van der Waals surface area contributed by atoms with Crippen LogP contribution in [0.4, 0.5) is 4.39 Å². The van der Waals surface area contributed by atoms with E-state index in [1.807, 2.05) is 0 Å². The van der Waals surface area contributed by atoms with Crippen LogP contribution in [-0.2, 0) is 5.33 Å². The van der Waals surface area contributed by atoms with Gasteiger partial charge in [0.05, 0.1) is 0 Å². The molecule has 1 aromatic carbocycles. The van der Waals surface area contributed by atoms with Crippen LogP contribution >= 0.6 is 15.9 Å². The van der Waals surface area contributed by atoms with E-state index in [2.05, 4.69) is 22.5 Å². The third-order valence-corrected chi connectivity index (χ3v) is 2.15. The first kappa shape index (κ1) is 10.3. The third-order valence-electron chi connectivity index (χ3n) is 1.51. The van der Waals surface area contributed by atoms with Gasteiger partial charge in [0.1, 0.15) is 6.61 Å². The number of rotatable bonds is 4. The summed E-state index contributed by atoms with van der Waals surface area (Å²) in [4.78, 5) is 0. The maximum absolute atomic E-state index is 13.1. The van der Waals surface area contributed by atoms with Gasteiger partial charge < -0.3 is 4.74 Å². The molecule has 0 bridgehead atoms. The van der Waals surface area contributed by atoms with E-state index in [1.54, 1.807) is 18.2 Å². The van der Waals surface area contributed by atoms with Crippen molar-refractivity contribution in [3.8, 4) is 5.75 Å². The molecule has 0 atom stereocenters. The summed E-state index contributed by atoms with van der Waals surface area (Å²) < 4.78 is 18.2. The maximum atomic E-state index is 13.1. The smallest absolute Gasteiger partial charge is 0.165 e. The highest BCUT2D eigenvalue weighted by Gasteiger charge is 2.02. The van der Waals surface area contributed by atoms with Crippen LogP contribution in [-0.4, -0.2) is 6.61 Å². The van der Waals surface area contributed by atoms with E-state index in [0.717, 1.165) is 5.56 Å². The number of ether oxygens (including phenoxy) is 1. The van der Waals surface area contributed by atoms with Crippen LogP contribution in [0.5, 0.6) is 5.75 Å². The van der Waals surface area contributed by atoms with Crippen LogP contribution in [0.25, 0.3) is 0 Å². The minimum absolute atomic E-state index is 0.275. The van der Waals surface area contributed by atoms with Crippen molar-refractivity contribution in [2.45, 2.75) is 5.33 Å². The molecule has 0 fully saturated rings. The molecule has 0 heterocycles. The van der Waals surface area contributed by atoms with Gasteiger partial charge in [-0.1, -0.05) is 34.7 Å². The van der Waals surface area contributed by atoms with Gasteiger partial charge in [0.25, 0.3) is 0 Å². The molecule has 70 valence electrons. The number of halogens is 2. The lowest BCUT2D eigenvalue weighted by atomic mass is 10.2. The fraction of sp³-hybridized carbons (Fsp3) is 0.200. The largest absolute Gasteiger partial charge is 0.486 e. The molecule has 0 radical (unpaired) electrons. The predicted octanol–water partition coefficient (Wildman–Crippen LogP) is 3.29. The summed E-state index contributed by atoms with van der Waals surface area (Å²) in [6.45, 7) is 3.81. The van der Waals surface area contributed by atoms with Crippen molar-refractivity contribution in [1.29, 1.82) is 0 Å². The first-order valence-corrected chi connectivity index (χ1v) is 4.98. The van der Waals surface area contributed by atoms with E-state index < -0.39 is 0 Å². The zero-order valence-corrected chi connectivity index (χ0v) is 8.68. The van der Waals surface area contributed by atoms with Crippen LogP contribution in [0.3, 0.4) is 0 Å². The Morgan fingerprint density at radius 2 is 2.31 bits per heavy atom. The summed E-state index contributed by atoms with van der Waals surface area (Å²) in [7, 11) is 0. The highest BCUT2D eigenvalue weighted by Crippen LogP contribution is 2.20. The molecule has 3 heteroatoms. The minimum atomic E-state index is -0.341. The van der Waals surface area contributed by atoms with Gasteiger partial charge in [-0.3, -0.25) is 0 Å². The summed E-state index contributed by atoms with van der Waals surface area (Å²) in [6, 6.07) is 4.79. The van der Waals surface area contributed by atoms with Crippen molar-refractivity contribution in [2.75, 3.05) is 6.61 Å². The molecule has 0 saturated heterocycles. The SMILES string of the molecule is C=CCOc1cc(CBr)ccc1F. The second-order valence-electron chi connectivity index (χ2n) is 2.50. The van der Waals surface area contributed by atoms with E-state index >= 15 is 0 Å². The average molecular weight is 245 g/mol. The number of hydrogen-bond acceptors (Lipinski definition) is 1. The highest BCUT2D eigenvalue weighted by molar-refractivity contribution is 9.08. The van der Waals surface area contributed by atoms with Gasteiger partial charge in [-0.15, -0.1) is 0 Å². The molecule has 1 rings (SSSR count). The quantitative estimate of drug-likeness (QED) is 0.584. The Balaban J connectivity index is 2.83. The first-order chi connectivity index (χ1) is 6.27. The number of benzene rings is 1. The van der Waals surface area contributed by atoms with Gasteiger partial charge >= 0.3 is 0 Å². The molecule has 0 unspecified atom stereocenters. The lowest BCUT2D eigenvalue weighted by molar-refractivity contribution is 0.341. The zero-order chi connectivity index (χ0) is 9.68. The van der Waals surface area contributed by atoms with E-state index in [9.17, 15) is 4.39 Å². The molecule has 0 aliphatic heterocycles. The molecule has 0 aliphatic carbocycles. The third kappa shape index (κ3) is 2.84. The van der Waals surface area contributed by atoms with Crippen LogP contribution in [0.1, 0.15) is 5.56 Å². The summed E-state index contributed by atoms with van der Waals surface area (Å²) >= 11 is 3.29. The minimum Gasteiger partial charge on any atom is -0.486 e. The first-order valence-electron chi connectivity index (χ1n) is 3.86. The molecule has 0 aromatic heterocycles. The predicted molar refractivity (Wildman–Crippen MR) is 54.7 cm³/mol. The molecule has 0 aliphatic rings. The van der Waals surface area contributed by atoms with Crippen LogP contribution in [0.2, 0.25) is 0 Å². The van der Waals surface area contributed by atoms with Crippen LogP contribution in [0, 0.1) is 5.82 Å². The molecule has 0 saturated carbocycles. The summed E-state index contributed by atoms with van der Waals surface area (Å²) in [5.41, 5.74) is 0.987. The van der Waals surface area contributed by atoms with E-state index in [1.165, 1.54) is 6.07 Å². The van der Waals surface area contributed by atoms with Gasteiger partial charge in [-0.25, -0.2) is 4.39 Å². The van der Waals surface area contributed by atoms with Crippen molar-refractivity contribution in [3.63, 3.8) is 0 Å². The van der Waals surface area contributed by atoms with Crippen molar-refractivity contribution < 1.29 is 9.13 Å². The van der Waals surface area contributed by atoms with Crippen molar-refractivity contribution in [2.24, 2.45) is 0 Å². The molecular weight excluding hydrogens is 235 g/mol. The average Bonchev–Trinajstić information content (AvgIpc) is 2.17. The fourth-order valence-corrected chi connectivity index (χ4v) is 1.24. The number of hydrogen-bond donors (Lipinski definition) is 0. The normalized spacial score (nSPS) is 9.69. The van der Waals surface area contributed by atoms with Crippen LogP contribution < -0.4 is 4.74 Å². The van der Waals surface area contributed by atoms with Gasteiger partial charge in [-0.05, 0) is 17.7 Å². The van der Waals surface area contributed by atoms with Crippen molar-refractivity contribution in [1.82, 2.24) is 0 Å². The van der Waals surface area contributed by atoms with Crippen molar-refractivity contribution in [3.05, 3.63) is 42.2 Å². The molecule has 0 N–H and O–H groups in total. The molecule has 0 amide bonds. The standard InChI is InChI=1S/C10H10BrFO/c1-2-5-13-10-6-8(7-11)3-4-9(10)12/h2-4,6H,1,5,7H2. The molecule has 0 spiro atoms. The Morgan fingerprint density at radius 1 is 1.54 bits per heavy atom. The lowest BCUT2D eigenvalue weighted by Gasteiger charge is -2.05. The zero-order valence-electron chi connectivity index (χ0n) is 7.09. The van der Waals surface area contributed by atoms with Crippen LogP contribution in [0.15, 0.2) is 30.9 Å². The highest BCUT2D eigenvalue weighted by atomic mass is 79.9. The van der Waals surface area contributed by atoms with Crippen molar-refractivity contribution >= 4 is 15.9 Å². The van der Waals surface area contributed by atoms with E-state index in [0.29, 0.717) is 11.9 Å². The summed E-state index contributed by atoms with van der Waals surface area (Å²) in [5, 5.41) is 0.692. The molecule has 1 nitrogen and oxygen atoms in total. The monoisotopic (exact) mass is 244 g/mol. The Hall–Kier alpha value is -0.830. The van der Waals surface area contributed by atoms with Gasteiger partial charge in [0.15, 0.2) is 11.6 Å². The van der Waals surface area contributed by atoms with E-state index in [-0.39, 0.29) is 11.6 Å².